The molecule has 4 aliphatic rings. The average Bonchev–Trinajstić information content (AvgIpc) is 3.52. The molecule has 6 rings (SSSR count). The molecule has 3 saturated heterocycles. The van der Waals surface area contributed by atoms with Crippen molar-refractivity contribution in [3.8, 4) is 5.75 Å². The zero-order chi connectivity index (χ0) is 23.9. The van der Waals surface area contributed by atoms with Crippen LogP contribution in [-0.4, -0.2) is 47.2 Å². The van der Waals surface area contributed by atoms with E-state index >= 15 is 0 Å². The Morgan fingerprint density at radius 3 is 2.71 bits per heavy atom. The maximum absolute atomic E-state index is 14.3. The van der Waals surface area contributed by atoms with Gasteiger partial charge in [0.05, 0.1) is 35.6 Å². The van der Waals surface area contributed by atoms with E-state index in [1.165, 1.54) is 37.4 Å². The zero-order valence-corrected chi connectivity index (χ0v) is 18.0. The molecule has 1 N–H and O–H groups in total. The monoisotopic (exact) mass is 466 g/mol. The maximum atomic E-state index is 14.3. The van der Waals surface area contributed by atoms with Crippen molar-refractivity contribution in [3.63, 3.8) is 0 Å². The Bertz CT molecular complexity index is 1310. The number of halogens is 1. The van der Waals surface area contributed by atoms with Gasteiger partial charge in [-0.15, -0.1) is 0 Å². The molecule has 4 atom stereocenters. The number of rotatable bonds is 3. The lowest BCUT2D eigenvalue weighted by Crippen LogP contribution is -2.54. The summed E-state index contributed by atoms with van der Waals surface area (Å²) in [7, 11) is 1.29. The molecule has 0 aromatic heterocycles. The molecule has 4 aliphatic heterocycles. The molecule has 0 unspecified atom stereocenters. The number of carbonyl (C=O) groups is 3. The standard InChI is InChI=1S/C23H19FN4O6/c1-34-17-10-12(28(32)33)5-7-15(17)27-20(29)18-16-3-2-8-26(16)23(19(18)21(27)30)13-9-11(24)4-6-14(13)25-22(23)31/h4-7,9-10,16,18-19H,2-3,8H2,1H3,(H,25,31)/t16-,18-,19-,23+/m0/s1. The van der Waals surface area contributed by atoms with Crippen molar-refractivity contribution in [1.82, 2.24) is 4.90 Å². The third kappa shape index (κ3) is 2.34. The Morgan fingerprint density at radius 1 is 1.18 bits per heavy atom. The molecule has 174 valence electrons. The van der Waals surface area contributed by atoms with Crippen molar-refractivity contribution in [1.29, 1.82) is 0 Å². The fourth-order valence-corrected chi connectivity index (χ4v) is 6.38. The van der Waals surface area contributed by atoms with Crippen molar-refractivity contribution in [2.75, 3.05) is 23.9 Å². The quantitative estimate of drug-likeness (QED) is 0.418. The molecule has 3 amide bonds. The number of hydrogen-bond acceptors (Lipinski definition) is 7. The van der Waals surface area contributed by atoms with Crippen molar-refractivity contribution >= 4 is 34.8 Å². The van der Waals surface area contributed by atoms with Crippen LogP contribution in [0, 0.1) is 27.8 Å². The lowest BCUT2D eigenvalue weighted by molar-refractivity contribution is -0.384. The number of imide groups is 1. The second-order valence-corrected chi connectivity index (χ2v) is 8.94. The van der Waals surface area contributed by atoms with E-state index in [0.29, 0.717) is 24.2 Å². The van der Waals surface area contributed by atoms with Gasteiger partial charge in [-0.1, -0.05) is 0 Å². The first kappa shape index (κ1) is 20.7. The van der Waals surface area contributed by atoms with Crippen molar-refractivity contribution < 1.29 is 28.4 Å². The molecule has 34 heavy (non-hydrogen) atoms. The predicted molar refractivity (Wildman–Crippen MR) is 116 cm³/mol. The van der Waals surface area contributed by atoms with Gasteiger partial charge in [0.1, 0.15) is 17.1 Å². The van der Waals surface area contributed by atoms with Crippen LogP contribution in [0.5, 0.6) is 5.75 Å². The van der Waals surface area contributed by atoms with Gasteiger partial charge < -0.3 is 10.1 Å². The van der Waals surface area contributed by atoms with E-state index in [2.05, 4.69) is 5.32 Å². The third-order valence-corrected chi connectivity index (χ3v) is 7.57. The van der Waals surface area contributed by atoms with Crippen molar-refractivity contribution in [3.05, 3.63) is 57.9 Å². The predicted octanol–water partition coefficient (Wildman–Crippen LogP) is 2.17. The van der Waals surface area contributed by atoms with Gasteiger partial charge in [0.25, 0.3) is 5.69 Å². The summed E-state index contributed by atoms with van der Waals surface area (Å²) in [4.78, 5) is 54.7. The minimum absolute atomic E-state index is 0.00415. The van der Waals surface area contributed by atoms with Crippen LogP contribution in [0.2, 0.25) is 0 Å². The highest BCUT2D eigenvalue weighted by Gasteiger charge is 2.74. The van der Waals surface area contributed by atoms with Gasteiger partial charge in [-0.2, -0.15) is 0 Å². The van der Waals surface area contributed by atoms with Crippen LogP contribution in [0.25, 0.3) is 0 Å². The molecule has 2 aromatic carbocycles. The van der Waals surface area contributed by atoms with E-state index < -0.39 is 45.8 Å². The topological polar surface area (TPSA) is 122 Å². The second-order valence-electron chi connectivity index (χ2n) is 8.94. The maximum Gasteiger partial charge on any atom is 0.273 e. The largest absolute Gasteiger partial charge is 0.494 e. The second kappa shape index (κ2) is 6.83. The first-order valence-corrected chi connectivity index (χ1v) is 10.9. The van der Waals surface area contributed by atoms with Gasteiger partial charge >= 0.3 is 0 Å². The van der Waals surface area contributed by atoms with E-state index in [9.17, 15) is 28.9 Å². The minimum Gasteiger partial charge on any atom is -0.494 e. The van der Waals surface area contributed by atoms with Crippen molar-refractivity contribution in [2.24, 2.45) is 11.8 Å². The molecular weight excluding hydrogens is 447 g/mol. The van der Waals surface area contributed by atoms with Crippen LogP contribution >= 0.6 is 0 Å². The Labute approximate surface area is 192 Å². The number of non-ortho nitro benzene ring substituents is 1. The van der Waals surface area contributed by atoms with Crippen LogP contribution in [0.3, 0.4) is 0 Å². The minimum atomic E-state index is -1.50. The number of hydrogen-bond donors (Lipinski definition) is 1. The van der Waals surface area contributed by atoms with Crippen LogP contribution in [0.15, 0.2) is 36.4 Å². The highest BCUT2D eigenvalue weighted by atomic mass is 19.1. The summed E-state index contributed by atoms with van der Waals surface area (Å²) in [5, 5.41) is 14.0. The number of anilines is 2. The lowest BCUT2D eigenvalue weighted by atomic mass is 9.75. The Balaban J connectivity index is 1.53. The number of carbonyl (C=O) groups excluding carboxylic acids is 3. The smallest absolute Gasteiger partial charge is 0.273 e. The van der Waals surface area contributed by atoms with Crippen LogP contribution < -0.4 is 15.0 Å². The van der Waals surface area contributed by atoms with E-state index in [0.717, 1.165) is 17.4 Å². The molecule has 0 aliphatic carbocycles. The summed E-state index contributed by atoms with van der Waals surface area (Å²) >= 11 is 0. The van der Waals surface area contributed by atoms with E-state index in [1.54, 1.807) is 0 Å². The first-order valence-electron chi connectivity index (χ1n) is 10.9. The number of nitrogens with zero attached hydrogens (tertiary/aromatic N) is 3. The van der Waals surface area contributed by atoms with Gasteiger partial charge in [0.15, 0.2) is 0 Å². The molecule has 1 spiro atoms. The number of fused-ring (bicyclic) bond motifs is 7. The van der Waals surface area contributed by atoms with Gasteiger partial charge in [-0.05, 0) is 43.7 Å². The molecule has 0 saturated carbocycles. The van der Waals surface area contributed by atoms with Gasteiger partial charge in [-0.25, -0.2) is 9.29 Å². The summed E-state index contributed by atoms with van der Waals surface area (Å²) in [6.45, 7) is 0.502. The lowest BCUT2D eigenvalue weighted by Gasteiger charge is -2.36. The highest BCUT2D eigenvalue weighted by molar-refractivity contribution is 6.26. The van der Waals surface area contributed by atoms with E-state index in [-0.39, 0.29) is 23.2 Å². The number of amides is 3. The highest BCUT2D eigenvalue weighted by Crippen LogP contribution is 2.61. The number of nitrogens with one attached hydrogen (secondary N) is 1. The Kier molecular flexibility index (Phi) is 4.16. The van der Waals surface area contributed by atoms with E-state index in [1.807, 2.05) is 4.90 Å². The summed E-state index contributed by atoms with van der Waals surface area (Å²) in [5.41, 5.74) is -0.897. The molecule has 10 nitrogen and oxygen atoms in total. The fraction of sp³-hybridized carbons (Fsp3) is 0.348. The number of methoxy groups -OCH3 is 1. The molecule has 3 fully saturated rings. The van der Waals surface area contributed by atoms with Gasteiger partial charge in [-0.3, -0.25) is 29.4 Å². The normalized spacial score (nSPS) is 29.4. The molecule has 0 bridgehead atoms. The summed E-state index contributed by atoms with van der Waals surface area (Å²) in [6.07, 6.45) is 1.35. The Hall–Kier alpha value is -3.86. The van der Waals surface area contributed by atoms with Gasteiger partial charge in [0, 0.05) is 23.4 Å². The number of nitro benzene ring substituents is 1. The summed E-state index contributed by atoms with van der Waals surface area (Å²) in [6, 6.07) is 7.24. The van der Waals surface area contributed by atoms with Crippen LogP contribution in [-0.2, 0) is 19.9 Å². The molecule has 0 radical (unpaired) electrons. The Morgan fingerprint density at radius 2 is 1.97 bits per heavy atom. The molecule has 11 heteroatoms. The van der Waals surface area contributed by atoms with Crippen molar-refractivity contribution in [2.45, 2.75) is 24.4 Å². The number of ether oxygens (including phenoxy) is 1. The SMILES string of the molecule is COc1cc([N+](=O)[O-])ccc1N1C(=O)[C@@H]2[C@@H](C1=O)[C@]1(C(=O)Nc3ccc(F)cc31)N1CCC[C@@H]21. The van der Waals surface area contributed by atoms with Gasteiger partial charge in [0.2, 0.25) is 17.7 Å². The fourth-order valence-electron chi connectivity index (χ4n) is 6.38. The number of benzene rings is 2. The number of nitro groups is 1. The molecule has 4 heterocycles. The third-order valence-electron chi connectivity index (χ3n) is 7.57. The summed E-state index contributed by atoms with van der Waals surface area (Å²) in [5.74, 6) is -3.97. The molecule has 2 aromatic rings. The van der Waals surface area contributed by atoms with Crippen LogP contribution in [0.1, 0.15) is 18.4 Å². The van der Waals surface area contributed by atoms with Crippen LogP contribution in [0.4, 0.5) is 21.5 Å². The zero-order valence-electron chi connectivity index (χ0n) is 18.0. The summed E-state index contributed by atoms with van der Waals surface area (Å²) < 4.78 is 19.6. The van der Waals surface area contributed by atoms with E-state index in [4.69, 9.17) is 4.74 Å². The first-order chi connectivity index (χ1) is 16.3. The molecular formula is C23H19FN4O6. The average molecular weight is 466 g/mol.